The Labute approximate surface area is 239 Å². The van der Waals surface area contributed by atoms with Crippen LogP contribution in [0, 0.1) is 10.1 Å². The van der Waals surface area contributed by atoms with Crippen LogP contribution in [0.2, 0.25) is 0 Å². The van der Waals surface area contributed by atoms with Gasteiger partial charge in [-0.3, -0.25) is 10.1 Å². The first-order chi connectivity index (χ1) is 18.6. The van der Waals surface area contributed by atoms with Gasteiger partial charge in [-0.25, -0.2) is 0 Å². The lowest BCUT2D eigenvalue weighted by molar-refractivity contribution is -0.383. The second-order valence-corrected chi connectivity index (χ2v) is 13.8. The van der Waals surface area contributed by atoms with Gasteiger partial charge in [-0.15, -0.1) is 0 Å². The number of para-hydroxylation sites is 2. The van der Waals surface area contributed by atoms with Gasteiger partial charge in [0.2, 0.25) is 0 Å². The summed E-state index contributed by atoms with van der Waals surface area (Å²) in [6.45, 7) is 20.1. The Morgan fingerprint density at radius 1 is 0.575 bits per heavy atom. The molecule has 4 rings (SSSR count). The second kappa shape index (κ2) is 10.6. The van der Waals surface area contributed by atoms with Crippen LogP contribution in [0.25, 0.3) is 22.3 Å². The molecule has 0 atom stereocenters. The Balaban J connectivity index is 2.14. The Bertz CT molecular complexity index is 1500. The molecule has 0 aromatic heterocycles. The van der Waals surface area contributed by atoms with Gasteiger partial charge in [0, 0.05) is 17.2 Å². The quantitative estimate of drug-likeness (QED) is 0.205. The van der Waals surface area contributed by atoms with E-state index in [2.05, 4.69) is 110 Å². The van der Waals surface area contributed by atoms with Crippen molar-refractivity contribution < 1.29 is 4.92 Å². The second-order valence-electron chi connectivity index (χ2n) is 13.8. The van der Waals surface area contributed by atoms with Crippen molar-refractivity contribution in [3.05, 3.63) is 112 Å². The summed E-state index contributed by atoms with van der Waals surface area (Å²) < 4.78 is 0. The summed E-state index contributed by atoms with van der Waals surface area (Å²) in [5, 5.41) is 15.5. The van der Waals surface area contributed by atoms with Crippen LogP contribution in [0.1, 0.15) is 79.0 Å². The predicted octanol–water partition coefficient (Wildman–Crippen LogP) is 10.6. The van der Waals surface area contributed by atoms with Gasteiger partial charge in [-0.2, -0.15) is 0 Å². The lowest BCUT2D eigenvalue weighted by atomic mass is 9.77. The number of hydrogen-bond acceptors (Lipinski definition) is 3. The van der Waals surface area contributed by atoms with E-state index < -0.39 is 0 Å². The molecule has 4 aromatic carbocycles. The Hall–Kier alpha value is -3.92. The molecule has 4 nitrogen and oxygen atoms in total. The number of benzene rings is 4. The van der Waals surface area contributed by atoms with Crippen molar-refractivity contribution >= 4 is 17.1 Å². The zero-order chi connectivity index (χ0) is 29.5. The SMILES string of the molecule is CC(C)(C)c1cc(-c2cc(C(C)(C)C)cc(-c3ccccc3)c2Nc2ccccc2[N+](=O)[O-])cc(C(C)(C)C)c1. The third-order valence-corrected chi connectivity index (χ3v) is 7.43. The summed E-state index contributed by atoms with van der Waals surface area (Å²) in [5.74, 6) is 0. The number of nitrogens with one attached hydrogen (secondary N) is 1. The van der Waals surface area contributed by atoms with Crippen LogP contribution >= 0.6 is 0 Å². The van der Waals surface area contributed by atoms with Gasteiger partial charge in [0.05, 0.1) is 10.6 Å². The van der Waals surface area contributed by atoms with Gasteiger partial charge in [-0.1, -0.05) is 123 Å². The van der Waals surface area contributed by atoms with E-state index >= 15 is 0 Å². The first-order valence-corrected chi connectivity index (χ1v) is 14.0. The zero-order valence-electron chi connectivity index (χ0n) is 25.3. The number of nitro benzene ring substituents is 1. The topological polar surface area (TPSA) is 55.2 Å². The fourth-order valence-electron chi connectivity index (χ4n) is 4.81. The van der Waals surface area contributed by atoms with Crippen molar-refractivity contribution in [2.24, 2.45) is 0 Å². The number of rotatable bonds is 5. The van der Waals surface area contributed by atoms with Gasteiger partial charge in [0.1, 0.15) is 5.69 Å². The van der Waals surface area contributed by atoms with Crippen molar-refractivity contribution in [1.29, 1.82) is 0 Å². The molecule has 0 bridgehead atoms. The summed E-state index contributed by atoms with van der Waals surface area (Å²) in [6.07, 6.45) is 0. The largest absolute Gasteiger partial charge is 0.349 e. The molecule has 4 heteroatoms. The van der Waals surface area contributed by atoms with Crippen molar-refractivity contribution in [3.8, 4) is 22.3 Å². The normalized spacial score (nSPS) is 12.3. The minimum Gasteiger partial charge on any atom is -0.349 e. The van der Waals surface area contributed by atoms with Crippen LogP contribution in [0.3, 0.4) is 0 Å². The molecule has 0 unspecified atom stereocenters. The van der Waals surface area contributed by atoms with Gasteiger partial charge in [0.15, 0.2) is 0 Å². The highest BCUT2D eigenvalue weighted by Crippen LogP contribution is 2.45. The van der Waals surface area contributed by atoms with E-state index in [4.69, 9.17) is 0 Å². The highest BCUT2D eigenvalue weighted by molar-refractivity contribution is 5.95. The van der Waals surface area contributed by atoms with E-state index in [1.165, 1.54) is 16.7 Å². The molecule has 0 heterocycles. The molecule has 208 valence electrons. The first kappa shape index (κ1) is 29.1. The Morgan fingerprint density at radius 3 is 1.52 bits per heavy atom. The molecule has 0 saturated carbocycles. The van der Waals surface area contributed by atoms with Crippen LogP contribution < -0.4 is 5.32 Å². The number of anilines is 2. The molecule has 0 aliphatic carbocycles. The van der Waals surface area contributed by atoms with Crippen LogP contribution in [-0.2, 0) is 16.2 Å². The zero-order valence-corrected chi connectivity index (χ0v) is 25.3. The van der Waals surface area contributed by atoms with Crippen LogP contribution in [0.15, 0.2) is 84.9 Å². The summed E-state index contributed by atoms with van der Waals surface area (Å²) in [5.41, 5.74) is 9.09. The van der Waals surface area contributed by atoms with E-state index in [0.717, 1.165) is 27.9 Å². The molecule has 0 aliphatic heterocycles. The molecule has 4 aromatic rings. The van der Waals surface area contributed by atoms with E-state index in [1.807, 2.05) is 24.3 Å². The fourth-order valence-corrected chi connectivity index (χ4v) is 4.81. The highest BCUT2D eigenvalue weighted by atomic mass is 16.6. The standard InChI is InChI=1S/C36H42N2O2/c1-34(2,3)26-19-25(20-27(21-26)35(4,5)6)30-23-28(36(7,8)9)22-29(24-15-11-10-12-16-24)33(30)37-31-17-13-14-18-32(31)38(39)40/h10-23,37H,1-9H3. The summed E-state index contributed by atoms with van der Waals surface area (Å²) in [6, 6.07) is 28.5. The van der Waals surface area contributed by atoms with Crippen LogP contribution in [-0.4, -0.2) is 4.92 Å². The third kappa shape index (κ3) is 6.28. The molecule has 0 saturated heterocycles. The maximum Gasteiger partial charge on any atom is 0.292 e. The smallest absolute Gasteiger partial charge is 0.292 e. The maximum absolute atomic E-state index is 12.0. The van der Waals surface area contributed by atoms with E-state index in [9.17, 15) is 10.1 Å². The third-order valence-electron chi connectivity index (χ3n) is 7.43. The minimum absolute atomic E-state index is 0.0474. The molecular formula is C36H42N2O2. The molecule has 0 radical (unpaired) electrons. The monoisotopic (exact) mass is 534 g/mol. The first-order valence-electron chi connectivity index (χ1n) is 14.0. The molecule has 1 N–H and O–H groups in total. The maximum atomic E-state index is 12.0. The average molecular weight is 535 g/mol. The fraction of sp³-hybridized carbons (Fsp3) is 0.333. The molecular weight excluding hydrogens is 492 g/mol. The van der Waals surface area contributed by atoms with Gasteiger partial charge < -0.3 is 5.32 Å². The van der Waals surface area contributed by atoms with Crippen LogP contribution in [0.5, 0.6) is 0 Å². The summed E-state index contributed by atoms with van der Waals surface area (Å²) >= 11 is 0. The van der Waals surface area contributed by atoms with Crippen LogP contribution in [0.4, 0.5) is 17.1 Å². The predicted molar refractivity (Wildman–Crippen MR) is 170 cm³/mol. The lowest BCUT2D eigenvalue weighted by Gasteiger charge is -2.28. The van der Waals surface area contributed by atoms with Crippen molar-refractivity contribution in [3.63, 3.8) is 0 Å². The van der Waals surface area contributed by atoms with Gasteiger partial charge in [-0.05, 0) is 62.3 Å². The van der Waals surface area contributed by atoms with E-state index in [0.29, 0.717) is 5.69 Å². The van der Waals surface area contributed by atoms with E-state index in [1.54, 1.807) is 18.2 Å². The highest BCUT2D eigenvalue weighted by Gasteiger charge is 2.26. The van der Waals surface area contributed by atoms with Crippen molar-refractivity contribution in [2.45, 2.75) is 78.6 Å². The lowest BCUT2D eigenvalue weighted by Crippen LogP contribution is -2.17. The minimum atomic E-state index is -0.328. The molecule has 0 amide bonds. The van der Waals surface area contributed by atoms with Gasteiger partial charge in [0.25, 0.3) is 5.69 Å². The Morgan fingerprint density at radius 2 is 1.02 bits per heavy atom. The van der Waals surface area contributed by atoms with Gasteiger partial charge >= 0.3 is 0 Å². The number of nitrogens with zero attached hydrogens (tertiary/aromatic N) is 1. The summed E-state index contributed by atoms with van der Waals surface area (Å²) in [4.78, 5) is 11.7. The molecule has 0 fully saturated rings. The average Bonchev–Trinajstić information content (AvgIpc) is 2.87. The van der Waals surface area contributed by atoms with Crippen molar-refractivity contribution in [1.82, 2.24) is 0 Å². The molecule has 0 spiro atoms. The molecule has 0 aliphatic rings. The number of hydrogen-bond donors (Lipinski definition) is 1. The number of nitro groups is 1. The molecule has 40 heavy (non-hydrogen) atoms. The van der Waals surface area contributed by atoms with E-state index in [-0.39, 0.29) is 26.9 Å². The van der Waals surface area contributed by atoms with Crippen molar-refractivity contribution in [2.75, 3.05) is 5.32 Å². The Kier molecular flexibility index (Phi) is 7.68. The summed E-state index contributed by atoms with van der Waals surface area (Å²) in [7, 11) is 0.